The van der Waals surface area contributed by atoms with Crippen molar-refractivity contribution < 1.29 is 26.8 Å². The molecule has 0 saturated carbocycles. The van der Waals surface area contributed by atoms with Crippen LogP contribution in [0.2, 0.25) is 0 Å². The Kier molecular flexibility index (Phi) is 6.85. The van der Waals surface area contributed by atoms with Gasteiger partial charge in [-0.05, 0) is 12.1 Å². The summed E-state index contributed by atoms with van der Waals surface area (Å²) >= 11 is 5.15. The third-order valence-corrected chi connectivity index (χ3v) is 4.77. The van der Waals surface area contributed by atoms with Gasteiger partial charge in [-0.2, -0.15) is 4.57 Å². The van der Waals surface area contributed by atoms with Gasteiger partial charge in [0.05, 0.1) is 5.38 Å². The van der Waals surface area contributed by atoms with Gasteiger partial charge < -0.3 is 22.2 Å². The number of aryl methyl sites for hydroxylation is 2. The Morgan fingerprint density at radius 1 is 1.35 bits per heavy atom. The van der Waals surface area contributed by atoms with Gasteiger partial charge >= 0.3 is 0 Å². The summed E-state index contributed by atoms with van der Waals surface area (Å²) in [5, 5.41) is 16.2. The number of aromatic nitrogens is 1. The Labute approximate surface area is 141 Å². The highest BCUT2D eigenvalue weighted by molar-refractivity contribution is 9.10. The molecule has 108 valence electrons. The zero-order valence-corrected chi connectivity index (χ0v) is 15.3. The summed E-state index contributed by atoms with van der Waals surface area (Å²) in [5.41, 5.74) is 2.81. The second-order valence-electron chi connectivity index (χ2n) is 4.26. The molecule has 6 heteroatoms. The normalized spacial score (nSPS) is 11.2. The van der Waals surface area contributed by atoms with Crippen LogP contribution in [0.4, 0.5) is 0 Å². The third kappa shape index (κ3) is 3.90. The van der Waals surface area contributed by atoms with Crippen molar-refractivity contribution in [1.29, 1.82) is 0 Å². The van der Waals surface area contributed by atoms with Crippen molar-refractivity contribution in [3.63, 3.8) is 0 Å². The molecule has 0 radical (unpaired) electrons. The average molecular weight is 420 g/mol. The van der Waals surface area contributed by atoms with Crippen LogP contribution in [0.25, 0.3) is 0 Å². The minimum absolute atomic E-state index is 0. The fraction of sp³-hybridized carbons (Fsp3) is 0.286. The number of hydrogen-bond donors (Lipinski definition) is 1. The molecule has 0 unspecified atom stereocenters. The zero-order valence-electron chi connectivity index (χ0n) is 11.3. The molecule has 0 saturated heterocycles. The molecule has 0 atom stereocenters. The number of thiazole rings is 1. The molecule has 20 heavy (non-hydrogen) atoms. The van der Waals surface area contributed by atoms with Crippen molar-refractivity contribution in [2.24, 2.45) is 5.16 Å². The van der Waals surface area contributed by atoms with Gasteiger partial charge in [-0.3, -0.25) is 0 Å². The first-order valence-corrected chi connectivity index (χ1v) is 7.76. The Hall–Kier alpha value is -0.720. The van der Waals surface area contributed by atoms with E-state index in [9.17, 15) is 5.21 Å². The lowest BCUT2D eigenvalue weighted by molar-refractivity contribution is -0.689. The second kappa shape index (κ2) is 7.90. The fourth-order valence-corrected chi connectivity index (χ4v) is 3.14. The van der Waals surface area contributed by atoms with E-state index in [1.807, 2.05) is 24.3 Å². The molecule has 0 spiro atoms. The van der Waals surface area contributed by atoms with Crippen LogP contribution in [-0.4, -0.2) is 10.9 Å². The first-order chi connectivity index (χ1) is 9.15. The SMILES string of the molecule is CCc1scc(C)[n+]1CC(=NO)c1ccc(Br)cc1.[Br-]. The number of hydrogen-bond acceptors (Lipinski definition) is 3. The number of oxime groups is 1. The highest BCUT2D eigenvalue weighted by atomic mass is 79.9. The van der Waals surface area contributed by atoms with E-state index in [4.69, 9.17) is 0 Å². The maximum Gasteiger partial charge on any atom is 0.237 e. The molecule has 1 N–H and O–H groups in total. The van der Waals surface area contributed by atoms with Gasteiger partial charge in [-0.15, -0.1) is 0 Å². The molecule has 1 aromatic carbocycles. The van der Waals surface area contributed by atoms with E-state index in [1.54, 1.807) is 11.3 Å². The van der Waals surface area contributed by atoms with Crippen molar-refractivity contribution >= 4 is 33.0 Å². The van der Waals surface area contributed by atoms with E-state index < -0.39 is 0 Å². The topological polar surface area (TPSA) is 36.5 Å². The lowest BCUT2D eigenvalue weighted by Gasteiger charge is -2.03. The van der Waals surface area contributed by atoms with Crippen LogP contribution in [0.3, 0.4) is 0 Å². The van der Waals surface area contributed by atoms with E-state index in [0.717, 1.165) is 16.5 Å². The average Bonchev–Trinajstić information content (AvgIpc) is 2.78. The van der Waals surface area contributed by atoms with Crippen molar-refractivity contribution in [2.45, 2.75) is 26.8 Å². The Bertz CT molecular complexity index is 594. The fourth-order valence-electron chi connectivity index (χ4n) is 1.94. The molecule has 0 aliphatic rings. The molecule has 2 aromatic rings. The van der Waals surface area contributed by atoms with E-state index in [0.29, 0.717) is 12.3 Å². The zero-order chi connectivity index (χ0) is 13.8. The Morgan fingerprint density at radius 2 is 2.00 bits per heavy atom. The van der Waals surface area contributed by atoms with Crippen LogP contribution in [0.1, 0.15) is 23.2 Å². The number of benzene rings is 1. The number of rotatable bonds is 4. The molecule has 0 fully saturated rings. The predicted molar refractivity (Wildman–Crippen MR) is 81.1 cm³/mol. The second-order valence-corrected chi connectivity index (χ2v) is 6.12. The van der Waals surface area contributed by atoms with Crippen LogP contribution in [-0.2, 0) is 13.0 Å². The summed E-state index contributed by atoms with van der Waals surface area (Å²) in [7, 11) is 0. The summed E-state index contributed by atoms with van der Waals surface area (Å²) in [6.45, 7) is 4.81. The highest BCUT2D eigenvalue weighted by Gasteiger charge is 2.19. The van der Waals surface area contributed by atoms with Gasteiger partial charge in [0.25, 0.3) is 0 Å². The lowest BCUT2D eigenvalue weighted by Crippen LogP contribution is -3.00. The Balaban J connectivity index is 0.00000200. The minimum Gasteiger partial charge on any atom is -1.00 e. The van der Waals surface area contributed by atoms with E-state index >= 15 is 0 Å². The number of halogens is 2. The molecular formula is C14H16Br2N2OS. The van der Waals surface area contributed by atoms with E-state index in [2.05, 4.69) is 44.9 Å². The van der Waals surface area contributed by atoms with Crippen LogP contribution in [0.15, 0.2) is 39.3 Å². The van der Waals surface area contributed by atoms with Gasteiger partial charge in [0, 0.05) is 23.4 Å². The van der Waals surface area contributed by atoms with Crippen LogP contribution in [0.5, 0.6) is 0 Å². The molecule has 0 amide bonds. The molecule has 0 aliphatic heterocycles. The lowest BCUT2D eigenvalue weighted by atomic mass is 10.1. The summed E-state index contributed by atoms with van der Waals surface area (Å²) in [5.74, 6) is 0. The molecule has 1 aromatic heterocycles. The van der Waals surface area contributed by atoms with Gasteiger partial charge in [0.1, 0.15) is 0 Å². The maximum atomic E-state index is 9.27. The predicted octanol–water partition coefficient (Wildman–Crippen LogP) is 0.551. The van der Waals surface area contributed by atoms with Gasteiger partial charge in [0.2, 0.25) is 5.01 Å². The van der Waals surface area contributed by atoms with Gasteiger partial charge in [-0.25, -0.2) is 0 Å². The van der Waals surface area contributed by atoms with Crippen molar-refractivity contribution in [2.75, 3.05) is 0 Å². The van der Waals surface area contributed by atoms with E-state index in [-0.39, 0.29) is 17.0 Å². The van der Waals surface area contributed by atoms with Crippen molar-refractivity contribution in [1.82, 2.24) is 0 Å². The summed E-state index contributed by atoms with van der Waals surface area (Å²) < 4.78 is 3.21. The first-order valence-electron chi connectivity index (χ1n) is 6.09. The smallest absolute Gasteiger partial charge is 0.237 e. The van der Waals surface area contributed by atoms with Crippen LogP contribution < -0.4 is 21.5 Å². The third-order valence-electron chi connectivity index (χ3n) is 3.00. The number of nitrogens with zero attached hydrogens (tertiary/aromatic N) is 2. The Morgan fingerprint density at radius 3 is 2.55 bits per heavy atom. The van der Waals surface area contributed by atoms with Crippen LogP contribution in [0, 0.1) is 6.92 Å². The molecule has 3 nitrogen and oxygen atoms in total. The quantitative estimate of drug-likeness (QED) is 0.334. The first kappa shape index (κ1) is 17.3. The largest absolute Gasteiger partial charge is 1.00 e. The highest BCUT2D eigenvalue weighted by Crippen LogP contribution is 2.13. The minimum atomic E-state index is 0. The van der Waals surface area contributed by atoms with Gasteiger partial charge in [0.15, 0.2) is 18.0 Å². The maximum absolute atomic E-state index is 9.27. The standard InChI is InChI=1S/C14H15BrN2OS.BrH/c1-3-14-17(10(2)9-19-14)8-13(16-18)11-4-6-12(15)7-5-11;/h4-7,9H,3,8H2,1-2H3;1H. The monoisotopic (exact) mass is 418 g/mol. The van der Waals surface area contributed by atoms with Crippen molar-refractivity contribution in [3.8, 4) is 0 Å². The molecule has 1 heterocycles. The molecule has 0 aliphatic carbocycles. The summed E-state index contributed by atoms with van der Waals surface area (Å²) in [4.78, 5) is 0. The summed E-state index contributed by atoms with van der Waals surface area (Å²) in [6, 6.07) is 7.80. The summed E-state index contributed by atoms with van der Waals surface area (Å²) in [6.07, 6.45) is 0.984. The molecular weight excluding hydrogens is 404 g/mol. The van der Waals surface area contributed by atoms with Gasteiger partial charge in [-0.1, -0.05) is 51.5 Å². The van der Waals surface area contributed by atoms with Crippen molar-refractivity contribution in [3.05, 3.63) is 50.4 Å². The van der Waals surface area contributed by atoms with Crippen LogP contribution >= 0.6 is 27.3 Å². The molecule has 2 rings (SSSR count). The van der Waals surface area contributed by atoms with E-state index in [1.165, 1.54) is 10.7 Å². The molecule has 0 bridgehead atoms.